The average molecular weight is 344 g/mol. The molecular formula is C16H19F3N2O3. The van der Waals surface area contributed by atoms with Crippen molar-refractivity contribution >= 4 is 11.9 Å². The smallest absolute Gasteiger partial charge is 0.461 e. The molecule has 8 heteroatoms. The number of carbonyl (C=O) groups excluding carboxylic acids is 2. The number of hydrogen-bond donors (Lipinski definition) is 0. The summed E-state index contributed by atoms with van der Waals surface area (Å²) in [5.74, 6) is -2.23. The number of alkyl halides is 3. The van der Waals surface area contributed by atoms with E-state index in [1.807, 2.05) is 24.0 Å². The highest BCUT2D eigenvalue weighted by Crippen LogP contribution is 2.19. The first-order valence-corrected chi connectivity index (χ1v) is 7.59. The number of amides is 1. The second-order valence-corrected chi connectivity index (χ2v) is 5.63. The number of piperazine rings is 1. The topological polar surface area (TPSA) is 49.9 Å². The first-order chi connectivity index (χ1) is 11.3. The van der Waals surface area contributed by atoms with Crippen LogP contribution in [0.1, 0.15) is 15.9 Å². The molecule has 0 atom stereocenters. The average Bonchev–Trinajstić information content (AvgIpc) is 2.54. The molecule has 132 valence electrons. The SMILES string of the molecule is Cc1ccc(C(=O)OCCN2CCN(C(=O)C(F)(F)F)CC2)cc1. The van der Waals surface area contributed by atoms with Crippen LogP contribution in [-0.2, 0) is 9.53 Å². The van der Waals surface area contributed by atoms with Gasteiger partial charge in [0.25, 0.3) is 0 Å². The normalized spacial score (nSPS) is 16.1. The molecule has 0 saturated carbocycles. The fourth-order valence-corrected chi connectivity index (χ4v) is 2.39. The van der Waals surface area contributed by atoms with E-state index in [-0.39, 0.29) is 19.7 Å². The van der Waals surface area contributed by atoms with Crippen molar-refractivity contribution in [3.63, 3.8) is 0 Å². The first-order valence-electron chi connectivity index (χ1n) is 7.59. The largest absolute Gasteiger partial charge is 0.471 e. The highest BCUT2D eigenvalue weighted by molar-refractivity contribution is 5.89. The van der Waals surface area contributed by atoms with E-state index in [2.05, 4.69) is 0 Å². The molecule has 1 aliphatic heterocycles. The predicted octanol–water partition coefficient (Wildman–Crippen LogP) is 1.86. The van der Waals surface area contributed by atoms with Gasteiger partial charge in [-0.2, -0.15) is 13.2 Å². The second kappa shape index (κ2) is 7.65. The van der Waals surface area contributed by atoms with Crippen molar-refractivity contribution in [1.82, 2.24) is 9.80 Å². The molecule has 24 heavy (non-hydrogen) atoms. The standard InChI is InChI=1S/C16H19F3N2O3/c1-12-2-4-13(5-3-12)14(22)24-11-10-20-6-8-21(9-7-20)15(23)16(17,18)19/h2-5H,6-11H2,1H3. The number of esters is 1. The molecule has 1 amide bonds. The number of benzene rings is 1. The van der Waals surface area contributed by atoms with Gasteiger partial charge in [0.05, 0.1) is 5.56 Å². The van der Waals surface area contributed by atoms with E-state index in [1.54, 1.807) is 12.1 Å². The van der Waals surface area contributed by atoms with Crippen LogP contribution < -0.4 is 0 Å². The Morgan fingerprint density at radius 1 is 1.08 bits per heavy atom. The molecule has 2 rings (SSSR count). The van der Waals surface area contributed by atoms with E-state index >= 15 is 0 Å². The van der Waals surface area contributed by atoms with Crippen molar-refractivity contribution in [2.45, 2.75) is 13.1 Å². The summed E-state index contributed by atoms with van der Waals surface area (Å²) in [6, 6.07) is 6.99. The summed E-state index contributed by atoms with van der Waals surface area (Å²) in [5.41, 5.74) is 1.50. The monoisotopic (exact) mass is 344 g/mol. The van der Waals surface area contributed by atoms with Crippen LogP contribution >= 0.6 is 0 Å². The van der Waals surface area contributed by atoms with Crippen molar-refractivity contribution in [1.29, 1.82) is 0 Å². The quantitative estimate of drug-likeness (QED) is 0.783. The summed E-state index contributed by atoms with van der Waals surface area (Å²) in [6.07, 6.45) is -4.83. The van der Waals surface area contributed by atoms with Gasteiger partial charge in [-0.1, -0.05) is 17.7 Å². The van der Waals surface area contributed by atoms with Gasteiger partial charge < -0.3 is 9.64 Å². The Kier molecular flexibility index (Phi) is 5.82. The Bertz CT molecular complexity index is 579. The molecular weight excluding hydrogens is 325 g/mol. The van der Waals surface area contributed by atoms with Gasteiger partial charge in [-0.25, -0.2) is 4.79 Å². The van der Waals surface area contributed by atoms with Gasteiger partial charge in [0.2, 0.25) is 0 Å². The predicted molar refractivity (Wildman–Crippen MR) is 80.5 cm³/mol. The number of nitrogens with zero attached hydrogens (tertiary/aromatic N) is 2. The summed E-state index contributed by atoms with van der Waals surface area (Å²) in [6.45, 7) is 3.17. The molecule has 1 aromatic rings. The van der Waals surface area contributed by atoms with E-state index < -0.39 is 18.1 Å². The van der Waals surface area contributed by atoms with Gasteiger partial charge in [0.1, 0.15) is 6.61 Å². The van der Waals surface area contributed by atoms with Gasteiger partial charge in [0.15, 0.2) is 0 Å². The van der Waals surface area contributed by atoms with E-state index in [4.69, 9.17) is 4.74 Å². The lowest BCUT2D eigenvalue weighted by Crippen LogP contribution is -2.52. The lowest BCUT2D eigenvalue weighted by Gasteiger charge is -2.34. The third-order valence-electron chi connectivity index (χ3n) is 3.83. The molecule has 1 fully saturated rings. The van der Waals surface area contributed by atoms with Crippen molar-refractivity contribution in [3.05, 3.63) is 35.4 Å². The number of ether oxygens (including phenoxy) is 1. The third-order valence-corrected chi connectivity index (χ3v) is 3.83. The summed E-state index contributed by atoms with van der Waals surface area (Å²) in [4.78, 5) is 25.6. The van der Waals surface area contributed by atoms with Crippen molar-refractivity contribution in [2.75, 3.05) is 39.3 Å². The number of aryl methyl sites for hydroxylation is 1. The molecule has 0 radical (unpaired) electrons. The van der Waals surface area contributed by atoms with Crippen LogP contribution in [0.3, 0.4) is 0 Å². The highest BCUT2D eigenvalue weighted by Gasteiger charge is 2.43. The molecule has 0 bridgehead atoms. The maximum absolute atomic E-state index is 12.3. The second-order valence-electron chi connectivity index (χ2n) is 5.63. The third kappa shape index (κ3) is 4.95. The van der Waals surface area contributed by atoms with Crippen LogP contribution in [0.15, 0.2) is 24.3 Å². The Labute approximate surface area is 138 Å². The van der Waals surface area contributed by atoms with Gasteiger partial charge in [-0.3, -0.25) is 9.69 Å². The molecule has 0 aromatic heterocycles. The summed E-state index contributed by atoms with van der Waals surface area (Å²) >= 11 is 0. The molecule has 0 N–H and O–H groups in total. The van der Waals surface area contributed by atoms with Crippen LogP contribution in [-0.4, -0.2) is 67.2 Å². The van der Waals surface area contributed by atoms with Gasteiger partial charge in [-0.15, -0.1) is 0 Å². The molecule has 0 aliphatic carbocycles. The lowest BCUT2D eigenvalue weighted by atomic mass is 10.1. The zero-order valence-electron chi connectivity index (χ0n) is 13.3. The van der Waals surface area contributed by atoms with Gasteiger partial charge in [-0.05, 0) is 19.1 Å². The zero-order chi connectivity index (χ0) is 17.7. The molecule has 0 spiro atoms. The molecule has 1 aliphatic rings. The maximum atomic E-state index is 12.3. The molecule has 1 aromatic carbocycles. The van der Waals surface area contributed by atoms with Crippen LogP contribution in [0.2, 0.25) is 0 Å². The van der Waals surface area contributed by atoms with Gasteiger partial charge >= 0.3 is 18.1 Å². The van der Waals surface area contributed by atoms with Crippen LogP contribution in [0.25, 0.3) is 0 Å². The maximum Gasteiger partial charge on any atom is 0.471 e. The van der Waals surface area contributed by atoms with Gasteiger partial charge in [0, 0.05) is 32.7 Å². The molecule has 0 unspecified atom stereocenters. The Morgan fingerprint density at radius 2 is 1.67 bits per heavy atom. The number of rotatable bonds is 4. The van der Waals surface area contributed by atoms with E-state index in [9.17, 15) is 22.8 Å². The minimum absolute atomic E-state index is 0.0181. The fourth-order valence-electron chi connectivity index (χ4n) is 2.39. The van der Waals surface area contributed by atoms with Crippen molar-refractivity contribution in [2.24, 2.45) is 0 Å². The summed E-state index contributed by atoms with van der Waals surface area (Å²) in [7, 11) is 0. The number of hydrogen-bond acceptors (Lipinski definition) is 4. The van der Waals surface area contributed by atoms with E-state index in [0.717, 1.165) is 10.5 Å². The molecule has 1 saturated heterocycles. The van der Waals surface area contributed by atoms with E-state index in [1.165, 1.54) is 0 Å². The zero-order valence-corrected chi connectivity index (χ0v) is 13.3. The highest BCUT2D eigenvalue weighted by atomic mass is 19.4. The van der Waals surface area contributed by atoms with Crippen molar-refractivity contribution < 1.29 is 27.5 Å². The fraction of sp³-hybridized carbons (Fsp3) is 0.500. The van der Waals surface area contributed by atoms with Crippen LogP contribution in [0, 0.1) is 6.92 Å². The van der Waals surface area contributed by atoms with Crippen LogP contribution in [0.4, 0.5) is 13.2 Å². The van der Waals surface area contributed by atoms with Crippen LogP contribution in [0.5, 0.6) is 0 Å². The minimum Gasteiger partial charge on any atom is -0.461 e. The number of halogens is 3. The van der Waals surface area contributed by atoms with Crippen molar-refractivity contribution in [3.8, 4) is 0 Å². The summed E-state index contributed by atoms with van der Waals surface area (Å²) < 4.78 is 42.2. The Morgan fingerprint density at radius 3 is 2.21 bits per heavy atom. The first kappa shape index (κ1) is 18.3. The Hall–Kier alpha value is -2.09. The summed E-state index contributed by atoms with van der Waals surface area (Å²) in [5, 5.41) is 0. The molecule has 5 nitrogen and oxygen atoms in total. The van der Waals surface area contributed by atoms with E-state index in [0.29, 0.717) is 25.2 Å². The minimum atomic E-state index is -4.83. The Balaban J connectivity index is 1.70. The molecule has 1 heterocycles. The lowest BCUT2D eigenvalue weighted by molar-refractivity contribution is -0.187. The number of carbonyl (C=O) groups is 2.